The van der Waals surface area contributed by atoms with Crippen LogP contribution in [0.1, 0.15) is 31.7 Å². The lowest BCUT2D eigenvalue weighted by Crippen LogP contribution is -2.48. The van der Waals surface area contributed by atoms with Crippen molar-refractivity contribution in [3.05, 3.63) is 66.0 Å². The van der Waals surface area contributed by atoms with Crippen LogP contribution in [0.4, 0.5) is 4.39 Å². The van der Waals surface area contributed by atoms with Crippen LogP contribution in [-0.2, 0) is 11.2 Å². The molecule has 1 heterocycles. The number of hydrogen-bond donors (Lipinski definition) is 1. The zero-order valence-corrected chi connectivity index (χ0v) is 17.9. The van der Waals surface area contributed by atoms with E-state index in [1.165, 1.54) is 17.7 Å². The van der Waals surface area contributed by atoms with Crippen molar-refractivity contribution in [3.8, 4) is 5.75 Å². The van der Waals surface area contributed by atoms with Crippen molar-refractivity contribution in [1.29, 1.82) is 0 Å². The lowest BCUT2D eigenvalue weighted by atomic mass is 9.88. The van der Waals surface area contributed by atoms with Crippen LogP contribution in [0.2, 0.25) is 0 Å². The molecule has 1 amide bonds. The highest BCUT2D eigenvalue weighted by molar-refractivity contribution is 5.79. The first-order chi connectivity index (χ1) is 14.6. The van der Waals surface area contributed by atoms with E-state index in [0.29, 0.717) is 12.4 Å². The van der Waals surface area contributed by atoms with E-state index in [2.05, 4.69) is 41.4 Å². The van der Waals surface area contributed by atoms with E-state index < -0.39 is 0 Å². The standard InChI is InChI=1S/C25H33FN2O2/c1-2-3-13-27-25(29)22-15-21(19-30-24-11-7-10-23(26)16-24)17-28(18-22)14-12-20-8-5-4-6-9-20/h4-11,16,21-22H,2-3,12-15,17-19H2,1H3,(H,27,29)/t21-,22+/m0/s1. The van der Waals surface area contributed by atoms with Crippen LogP contribution in [0.5, 0.6) is 5.75 Å². The summed E-state index contributed by atoms with van der Waals surface area (Å²) in [7, 11) is 0. The van der Waals surface area contributed by atoms with Gasteiger partial charge in [-0.15, -0.1) is 0 Å². The van der Waals surface area contributed by atoms with Crippen LogP contribution >= 0.6 is 0 Å². The van der Waals surface area contributed by atoms with E-state index in [1.54, 1.807) is 12.1 Å². The van der Waals surface area contributed by atoms with Gasteiger partial charge in [-0.2, -0.15) is 0 Å². The Bertz CT molecular complexity index is 784. The number of rotatable bonds is 10. The molecule has 2 aromatic carbocycles. The Morgan fingerprint density at radius 3 is 2.77 bits per heavy atom. The van der Waals surface area contributed by atoms with E-state index in [4.69, 9.17) is 4.74 Å². The number of likely N-dealkylation sites (tertiary alicyclic amines) is 1. The van der Waals surface area contributed by atoms with Crippen LogP contribution in [0.15, 0.2) is 54.6 Å². The second-order valence-electron chi connectivity index (χ2n) is 8.21. The summed E-state index contributed by atoms with van der Waals surface area (Å²) in [5.74, 6) is 0.588. The molecule has 1 aliphatic heterocycles. The van der Waals surface area contributed by atoms with Crippen LogP contribution in [0.25, 0.3) is 0 Å². The van der Waals surface area contributed by atoms with Gasteiger partial charge in [0.15, 0.2) is 0 Å². The number of benzene rings is 2. The first kappa shape index (κ1) is 22.3. The lowest BCUT2D eigenvalue weighted by molar-refractivity contribution is -0.127. The van der Waals surface area contributed by atoms with Crippen LogP contribution in [-0.4, -0.2) is 43.6 Å². The fourth-order valence-corrected chi connectivity index (χ4v) is 4.03. The Morgan fingerprint density at radius 1 is 1.17 bits per heavy atom. The molecule has 30 heavy (non-hydrogen) atoms. The van der Waals surface area contributed by atoms with Gasteiger partial charge in [0.1, 0.15) is 11.6 Å². The molecule has 1 N–H and O–H groups in total. The predicted molar refractivity (Wildman–Crippen MR) is 118 cm³/mol. The number of nitrogens with zero attached hydrogens (tertiary/aromatic N) is 1. The molecule has 1 fully saturated rings. The highest BCUT2D eigenvalue weighted by atomic mass is 19.1. The third-order valence-electron chi connectivity index (χ3n) is 5.65. The summed E-state index contributed by atoms with van der Waals surface area (Å²) in [6, 6.07) is 16.7. The molecule has 4 nitrogen and oxygen atoms in total. The summed E-state index contributed by atoms with van der Waals surface area (Å²) < 4.78 is 19.3. The molecule has 162 valence electrons. The maximum Gasteiger partial charge on any atom is 0.224 e. The summed E-state index contributed by atoms with van der Waals surface area (Å²) in [4.78, 5) is 15.1. The van der Waals surface area contributed by atoms with Gasteiger partial charge in [0.05, 0.1) is 12.5 Å². The number of amides is 1. The van der Waals surface area contributed by atoms with Gasteiger partial charge in [-0.25, -0.2) is 4.39 Å². The molecule has 0 bridgehead atoms. The van der Waals surface area contributed by atoms with Gasteiger partial charge in [0.2, 0.25) is 5.91 Å². The Morgan fingerprint density at radius 2 is 2.00 bits per heavy atom. The number of hydrogen-bond acceptors (Lipinski definition) is 3. The van der Waals surface area contributed by atoms with Crippen molar-refractivity contribution in [2.24, 2.45) is 11.8 Å². The SMILES string of the molecule is CCCCNC(=O)[C@@H]1C[C@H](COc2cccc(F)c2)CN(CCc2ccccc2)C1. The Balaban J connectivity index is 1.59. The number of carbonyl (C=O) groups excluding carboxylic acids is 1. The van der Waals surface area contributed by atoms with Gasteiger partial charge in [-0.3, -0.25) is 4.79 Å². The topological polar surface area (TPSA) is 41.6 Å². The molecule has 5 heteroatoms. The molecule has 0 aliphatic carbocycles. The number of unbranched alkanes of at least 4 members (excludes halogenated alkanes) is 1. The maximum absolute atomic E-state index is 13.4. The third kappa shape index (κ3) is 7.13. The maximum atomic E-state index is 13.4. The normalized spacial score (nSPS) is 19.4. The van der Waals surface area contributed by atoms with E-state index in [9.17, 15) is 9.18 Å². The molecule has 0 aromatic heterocycles. The summed E-state index contributed by atoms with van der Waals surface area (Å²) in [5, 5.41) is 3.09. The quantitative estimate of drug-likeness (QED) is 0.592. The van der Waals surface area contributed by atoms with Gasteiger partial charge in [0, 0.05) is 38.2 Å². The molecular formula is C25H33FN2O2. The monoisotopic (exact) mass is 412 g/mol. The van der Waals surface area contributed by atoms with Crippen LogP contribution in [0.3, 0.4) is 0 Å². The minimum absolute atomic E-state index is 0.0347. The molecule has 1 aliphatic rings. The van der Waals surface area contributed by atoms with Crippen molar-refractivity contribution in [1.82, 2.24) is 10.2 Å². The van der Waals surface area contributed by atoms with E-state index >= 15 is 0 Å². The van der Waals surface area contributed by atoms with E-state index in [-0.39, 0.29) is 23.6 Å². The van der Waals surface area contributed by atoms with Crippen LogP contribution < -0.4 is 10.1 Å². The molecule has 0 spiro atoms. The average Bonchev–Trinajstić information content (AvgIpc) is 2.77. The smallest absolute Gasteiger partial charge is 0.224 e. The van der Waals surface area contributed by atoms with Gasteiger partial charge < -0.3 is 15.0 Å². The Hall–Kier alpha value is -2.40. The van der Waals surface area contributed by atoms with E-state index in [0.717, 1.165) is 51.9 Å². The van der Waals surface area contributed by atoms with Crippen molar-refractivity contribution < 1.29 is 13.9 Å². The molecular weight excluding hydrogens is 379 g/mol. The Kier molecular flexibility index (Phi) is 8.69. The van der Waals surface area contributed by atoms with Gasteiger partial charge in [0.25, 0.3) is 0 Å². The lowest BCUT2D eigenvalue weighted by Gasteiger charge is -2.37. The number of carbonyl (C=O) groups is 1. The highest BCUT2D eigenvalue weighted by Gasteiger charge is 2.31. The molecule has 0 saturated carbocycles. The van der Waals surface area contributed by atoms with Crippen LogP contribution in [0, 0.1) is 17.7 Å². The minimum Gasteiger partial charge on any atom is -0.493 e. The predicted octanol–water partition coefficient (Wildman–Crippen LogP) is 4.30. The number of halogens is 1. The van der Waals surface area contributed by atoms with Gasteiger partial charge in [-0.1, -0.05) is 49.7 Å². The molecule has 3 rings (SSSR count). The molecule has 0 unspecified atom stereocenters. The van der Waals surface area contributed by atoms with Crippen molar-refractivity contribution in [2.75, 3.05) is 32.8 Å². The minimum atomic E-state index is -0.297. The molecule has 0 radical (unpaired) electrons. The zero-order valence-electron chi connectivity index (χ0n) is 17.9. The number of piperidine rings is 1. The average molecular weight is 413 g/mol. The number of nitrogens with one attached hydrogen (secondary N) is 1. The summed E-state index contributed by atoms with van der Waals surface area (Å²) in [5.41, 5.74) is 1.31. The number of ether oxygens (including phenoxy) is 1. The first-order valence-corrected chi connectivity index (χ1v) is 11.1. The van der Waals surface area contributed by atoms with Gasteiger partial charge in [-0.05, 0) is 37.0 Å². The highest BCUT2D eigenvalue weighted by Crippen LogP contribution is 2.24. The first-order valence-electron chi connectivity index (χ1n) is 11.1. The fourth-order valence-electron chi connectivity index (χ4n) is 4.03. The van der Waals surface area contributed by atoms with Crippen molar-refractivity contribution in [2.45, 2.75) is 32.6 Å². The van der Waals surface area contributed by atoms with E-state index in [1.807, 2.05) is 6.07 Å². The fraction of sp³-hybridized carbons (Fsp3) is 0.480. The molecule has 1 saturated heterocycles. The zero-order chi connectivity index (χ0) is 21.2. The van der Waals surface area contributed by atoms with Crippen molar-refractivity contribution >= 4 is 5.91 Å². The largest absolute Gasteiger partial charge is 0.493 e. The Labute approximate surface area is 179 Å². The summed E-state index contributed by atoms with van der Waals surface area (Å²) in [6.07, 6.45) is 3.83. The second-order valence-corrected chi connectivity index (χ2v) is 8.21. The third-order valence-corrected chi connectivity index (χ3v) is 5.65. The molecule has 2 atom stereocenters. The molecule has 2 aromatic rings. The second kappa shape index (κ2) is 11.7. The summed E-state index contributed by atoms with van der Waals surface area (Å²) in [6.45, 7) is 5.93. The van der Waals surface area contributed by atoms with Gasteiger partial charge >= 0.3 is 0 Å². The summed E-state index contributed by atoms with van der Waals surface area (Å²) >= 11 is 0. The van der Waals surface area contributed by atoms with Crippen molar-refractivity contribution in [3.63, 3.8) is 0 Å².